The zero-order valence-electron chi connectivity index (χ0n) is 13.4. The van der Waals surface area contributed by atoms with Gasteiger partial charge in [-0.3, -0.25) is 4.79 Å². The van der Waals surface area contributed by atoms with E-state index >= 15 is 0 Å². The number of rotatable bonds is 4. The number of amides is 1. The molecule has 3 aromatic rings. The van der Waals surface area contributed by atoms with Crippen molar-refractivity contribution >= 4 is 34.4 Å². The number of fused-ring (bicyclic) bond motifs is 1. The molecule has 1 aromatic heterocycles. The molecule has 0 saturated heterocycles. The molecule has 0 aliphatic heterocycles. The summed E-state index contributed by atoms with van der Waals surface area (Å²) in [5.74, 6) is -2.70. The number of aromatic amines is 1. The average molecular weight is 365 g/mol. The first-order valence-corrected chi connectivity index (χ1v) is 8.30. The molecular formula is C17H14F3N3OS. The van der Waals surface area contributed by atoms with Crippen LogP contribution in [0.25, 0.3) is 11.0 Å². The van der Waals surface area contributed by atoms with E-state index in [1.54, 1.807) is 26.0 Å². The lowest BCUT2D eigenvalue weighted by Gasteiger charge is -2.11. The summed E-state index contributed by atoms with van der Waals surface area (Å²) in [5, 5.41) is 2.42. The monoisotopic (exact) mass is 365 g/mol. The molecule has 0 radical (unpaired) electrons. The molecule has 130 valence electrons. The number of anilines is 1. The fourth-order valence-electron chi connectivity index (χ4n) is 2.17. The van der Waals surface area contributed by atoms with E-state index in [4.69, 9.17) is 0 Å². The number of hydrogen-bond acceptors (Lipinski definition) is 3. The molecule has 1 unspecified atom stereocenters. The predicted molar refractivity (Wildman–Crippen MR) is 91.1 cm³/mol. The number of carbonyl (C=O) groups excluding carboxylic acids is 1. The van der Waals surface area contributed by atoms with E-state index < -0.39 is 22.7 Å². The van der Waals surface area contributed by atoms with Crippen molar-refractivity contribution in [1.29, 1.82) is 0 Å². The van der Waals surface area contributed by atoms with Crippen molar-refractivity contribution in [3.63, 3.8) is 0 Å². The number of nitrogens with zero attached hydrogens (tertiary/aromatic N) is 1. The number of benzene rings is 2. The summed E-state index contributed by atoms with van der Waals surface area (Å²) in [6, 6.07) is 6.44. The Kier molecular flexibility index (Phi) is 4.71. The van der Waals surface area contributed by atoms with Crippen molar-refractivity contribution in [3.05, 3.63) is 53.3 Å². The van der Waals surface area contributed by atoms with Gasteiger partial charge in [0.2, 0.25) is 5.91 Å². The van der Waals surface area contributed by atoms with Gasteiger partial charge in [0.15, 0.2) is 16.8 Å². The second-order valence-corrected chi connectivity index (χ2v) is 6.87. The van der Waals surface area contributed by atoms with Gasteiger partial charge in [0.05, 0.1) is 16.3 Å². The van der Waals surface area contributed by atoms with Crippen LogP contribution in [0, 0.1) is 24.4 Å². The third kappa shape index (κ3) is 3.79. The highest BCUT2D eigenvalue weighted by atomic mass is 32.2. The fraction of sp³-hybridized carbons (Fsp3) is 0.176. The van der Waals surface area contributed by atoms with Crippen molar-refractivity contribution in [2.24, 2.45) is 0 Å². The minimum atomic E-state index is -0.984. The molecule has 0 bridgehead atoms. The standard InChI is InChI=1S/C17H14F3N3OS/c1-8-3-4-10(5-11(8)18)21-16(24)9(2)25-17-22-14-6-12(19)13(20)7-15(14)23-17/h3-7,9H,1-2H3,(H,21,24)(H,22,23). The minimum Gasteiger partial charge on any atom is -0.333 e. The highest BCUT2D eigenvalue weighted by Crippen LogP contribution is 2.25. The Morgan fingerprint density at radius 1 is 1.16 bits per heavy atom. The molecule has 0 saturated carbocycles. The van der Waals surface area contributed by atoms with Crippen molar-refractivity contribution in [1.82, 2.24) is 9.97 Å². The zero-order chi connectivity index (χ0) is 18.1. The molecule has 1 amide bonds. The maximum Gasteiger partial charge on any atom is 0.237 e. The maximum absolute atomic E-state index is 13.5. The first-order chi connectivity index (χ1) is 11.8. The van der Waals surface area contributed by atoms with Gasteiger partial charge in [-0.15, -0.1) is 0 Å². The summed E-state index contributed by atoms with van der Waals surface area (Å²) in [7, 11) is 0. The molecular weight excluding hydrogens is 351 g/mol. The number of aromatic nitrogens is 2. The van der Waals surface area contributed by atoms with Crippen LogP contribution in [-0.2, 0) is 4.79 Å². The molecule has 4 nitrogen and oxygen atoms in total. The number of H-pyrrole nitrogens is 1. The van der Waals surface area contributed by atoms with Crippen LogP contribution < -0.4 is 5.32 Å². The summed E-state index contributed by atoms with van der Waals surface area (Å²) in [5.41, 5.74) is 1.46. The van der Waals surface area contributed by atoms with Gasteiger partial charge in [0, 0.05) is 17.8 Å². The quantitative estimate of drug-likeness (QED) is 0.674. The lowest BCUT2D eigenvalue weighted by atomic mass is 10.2. The third-order valence-corrected chi connectivity index (χ3v) is 4.58. The first kappa shape index (κ1) is 17.3. The van der Waals surface area contributed by atoms with Gasteiger partial charge in [-0.25, -0.2) is 18.2 Å². The Morgan fingerprint density at radius 3 is 2.60 bits per heavy atom. The summed E-state index contributed by atoms with van der Waals surface area (Å²) in [6.07, 6.45) is 0. The first-order valence-electron chi connectivity index (χ1n) is 7.42. The van der Waals surface area contributed by atoms with Gasteiger partial charge in [0.1, 0.15) is 5.82 Å². The summed E-state index contributed by atoms with van der Waals surface area (Å²) in [6.45, 7) is 3.28. The number of nitrogens with one attached hydrogen (secondary N) is 2. The number of halogens is 3. The van der Waals surface area contributed by atoms with Crippen molar-refractivity contribution in [2.75, 3.05) is 5.32 Å². The van der Waals surface area contributed by atoms with Crippen molar-refractivity contribution in [3.8, 4) is 0 Å². The lowest BCUT2D eigenvalue weighted by Crippen LogP contribution is -2.22. The highest BCUT2D eigenvalue weighted by Gasteiger charge is 2.18. The Morgan fingerprint density at radius 2 is 1.88 bits per heavy atom. The molecule has 0 fully saturated rings. The van der Waals surface area contributed by atoms with Crippen molar-refractivity contribution < 1.29 is 18.0 Å². The van der Waals surface area contributed by atoms with Gasteiger partial charge >= 0.3 is 0 Å². The third-order valence-electron chi connectivity index (χ3n) is 3.60. The number of imidazole rings is 1. The zero-order valence-corrected chi connectivity index (χ0v) is 14.2. The lowest BCUT2D eigenvalue weighted by molar-refractivity contribution is -0.115. The van der Waals surface area contributed by atoms with E-state index in [2.05, 4.69) is 15.3 Å². The second kappa shape index (κ2) is 6.79. The highest BCUT2D eigenvalue weighted by molar-refractivity contribution is 8.00. The van der Waals surface area contributed by atoms with Crippen LogP contribution in [-0.4, -0.2) is 21.1 Å². The molecule has 2 aromatic carbocycles. The van der Waals surface area contributed by atoms with Gasteiger partial charge < -0.3 is 10.3 Å². The fourth-order valence-corrected chi connectivity index (χ4v) is 2.99. The molecule has 25 heavy (non-hydrogen) atoms. The van der Waals surface area contributed by atoms with Crippen LogP contribution in [0.4, 0.5) is 18.9 Å². The molecule has 1 atom stereocenters. The molecule has 3 rings (SSSR count). The summed E-state index contributed by atoms with van der Waals surface area (Å²) >= 11 is 1.10. The Bertz CT molecular complexity index is 919. The van der Waals surface area contributed by atoms with Crippen LogP contribution in [0.2, 0.25) is 0 Å². The van der Waals surface area contributed by atoms with E-state index in [0.29, 0.717) is 21.9 Å². The Hall–Kier alpha value is -2.48. The van der Waals surface area contributed by atoms with E-state index in [1.165, 1.54) is 6.07 Å². The summed E-state index contributed by atoms with van der Waals surface area (Å²) < 4.78 is 40.0. The molecule has 2 N–H and O–H groups in total. The molecule has 0 aliphatic carbocycles. The van der Waals surface area contributed by atoms with Crippen molar-refractivity contribution in [2.45, 2.75) is 24.3 Å². The Balaban J connectivity index is 1.71. The van der Waals surface area contributed by atoms with E-state index in [9.17, 15) is 18.0 Å². The molecule has 0 aliphatic rings. The number of carbonyl (C=O) groups is 1. The normalized spacial score (nSPS) is 12.4. The number of hydrogen-bond donors (Lipinski definition) is 2. The second-order valence-electron chi connectivity index (χ2n) is 5.54. The van der Waals surface area contributed by atoms with Crippen LogP contribution in [0.1, 0.15) is 12.5 Å². The van der Waals surface area contributed by atoms with Gasteiger partial charge in [-0.2, -0.15) is 0 Å². The predicted octanol–water partition coefficient (Wildman–Crippen LogP) is 4.41. The Labute approximate surface area is 145 Å². The maximum atomic E-state index is 13.5. The smallest absolute Gasteiger partial charge is 0.237 e. The average Bonchev–Trinajstić information content (AvgIpc) is 2.92. The van der Waals surface area contributed by atoms with Gasteiger partial charge in [-0.05, 0) is 31.5 Å². The topological polar surface area (TPSA) is 57.8 Å². The van der Waals surface area contributed by atoms with Crippen LogP contribution >= 0.6 is 11.8 Å². The van der Waals surface area contributed by atoms with Crippen LogP contribution in [0.5, 0.6) is 0 Å². The number of aryl methyl sites for hydroxylation is 1. The van der Waals surface area contributed by atoms with Crippen LogP contribution in [0.3, 0.4) is 0 Å². The van der Waals surface area contributed by atoms with Gasteiger partial charge in [-0.1, -0.05) is 17.8 Å². The van der Waals surface area contributed by atoms with E-state index in [-0.39, 0.29) is 11.4 Å². The minimum absolute atomic E-state index is 0.273. The SMILES string of the molecule is Cc1ccc(NC(=O)C(C)Sc2nc3cc(F)c(F)cc3[nH]2)cc1F. The summed E-state index contributed by atoms with van der Waals surface area (Å²) in [4.78, 5) is 19.2. The van der Waals surface area contributed by atoms with E-state index in [1.807, 2.05) is 0 Å². The molecule has 1 heterocycles. The molecule has 8 heteroatoms. The van der Waals surface area contributed by atoms with E-state index in [0.717, 1.165) is 23.9 Å². The van der Waals surface area contributed by atoms with Crippen LogP contribution in [0.15, 0.2) is 35.5 Å². The molecule has 0 spiro atoms. The largest absolute Gasteiger partial charge is 0.333 e. The van der Waals surface area contributed by atoms with Gasteiger partial charge in [0.25, 0.3) is 0 Å². The number of thioether (sulfide) groups is 1.